The van der Waals surface area contributed by atoms with Gasteiger partial charge in [-0.05, 0) is 62.8 Å². The molecule has 0 saturated carbocycles. The molecule has 0 N–H and O–H groups in total. The van der Waals surface area contributed by atoms with Crippen molar-refractivity contribution in [1.82, 2.24) is 9.80 Å². The molecule has 0 radical (unpaired) electrons. The summed E-state index contributed by atoms with van der Waals surface area (Å²) in [4.78, 5) is 7.11. The fourth-order valence-corrected chi connectivity index (χ4v) is 3.64. The number of benzene rings is 2. The first kappa shape index (κ1) is 18.9. The van der Waals surface area contributed by atoms with Crippen LogP contribution in [0.3, 0.4) is 0 Å². The van der Waals surface area contributed by atoms with Gasteiger partial charge >= 0.3 is 0 Å². The Kier molecular flexibility index (Phi) is 6.64. The third-order valence-corrected chi connectivity index (χ3v) is 5.05. The van der Waals surface area contributed by atoms with Gasteiger partial charge in [0.2, 0.25) is 0 Å². The highest BCUT2D eigenvalue weighted by molar-refractivity contribution is 5.54. The highest BCUT2D eigenvalue weighted by atomic mass is 19.1. The van der Waals surface area contributed by atoms with Crippen LogP contribution in [-0.4, -0.2) is 56.6 Å². The normalized spacial score (nSPS) is 15.6. The van der Waals surface area contributed by atoms with Gasteiger partial charge in [-0.2, -0.15) is 0 Å². The molecule has 0 unspecified atom stereocenters. The maximum Gasteiger partial charge on any atom is 0.123 e. The molecular weight excluding hydrogens is 325 g/mol. The Morgan fingerprint density at radius 3 is 2.38 bits per heavy atom. The van der Waals surface area contributed by atoms with Crippen molar-refractivity contribution in [3.63, 3.8) is 0 Å². The first-order chi connectivity index (χ1) is 12.6. The van der Waals surface area contributed by atoms with E-state index in [0.717, 1.165) is 57.7 Å². The van der Waals surface area contributed by atoms with Crippen LogP contribution in [0.5, 0.6) is 0 Å². The molecule has 0 amide bonds. The standard InChI is InChI=1S/C22H30FN3/c1-24(2)12-6-9-20-17-21(23)10-11-22(20)26-15-13-25(14-16-26)18-19-7-4-3-5-8-19/h3-5,7-8,10-11,17H,6,9,12-16,18H2,1-2H3. The lowest BCUT2D eigenvalue weighted by atomic mass is 10.1. The summed E-state index contributed by atoms with van der Waals surface area (Å²) in [6.07, 6.45) is 1.98. The van der Waals surface area contributed by atoms with Crippen LogP contribution in [-0.2, 0) is 13.0 Å². The van der Waals surface area contributed by atoms with E-state index in [1.165, 1.54) is 11.3 Å². The molecule has 1 heterocycles. The molecular formula is C22H30FN3. The zero-order valence-electron chi connectivity index (χ0n) is 16.0. The topological polar surface area (TPSA) is 9.72 Å². The molecule has 0 aliphatic carbocycles. The van der Waals surface area contributed by atoms with Crippen LogP contribution < -0.4 is 4.90 Å². The molecule has 26 heavy (non-hydrogen) atoms. The van der Waals surface area contributed by atoms with E-state index in [-0.39, 0.29) is 5.82 Å². The van der Waals surface area contributed by atoms with Crippen molar-refractivity contribution in [3.05, 3.63) is 65.5 Å². The zero-order chi connectivity index (χ0) is 18.4. The molecule has 0 bridgehead atoms. The lowest BCUT2D eigenvalue weighted by Gasteiger charge is -2.37. The Hall–Kier alpha value is -1.91. The van der Waals surface area contributed by atoms with Gasteiger partial charge in [0.25, 0.3) is 0 Å². The lowest BCUT2D eigenvalue weighted by molar-refractivity contribution is 0.249. The Bertz CT molecular complexity index is 679. The van der Waals surface area contributed by atoms with Crippen LogP contribution >= 0.6 is 0 Å². The van der Waals surface area contributed by atoms with Gasteiger partial charge < -0.3 is 9.80 Å². The van der Waals surface area contributed by atoms with Gasteiger partial charge in [-0.1, -0.05) is 30.3 Å². The summed E-state index contributed by atoms with van der Waals surface area (Å²) < 4.78 is 13.8. The van der Waals surface area contributed by atoms with Crippen molar-refractivity contribution in [2.24, 2.45) is 0 Å². The minimum absolute atomic E-state index is 0.128. The summed E-state index contributed by atoms with van der Waals surface area (Å²) in [5.74, 6) is -0.128. The van der Waals surface area contributed by atoms with E-state index in [0.29, 0.717) is 0 Å². The molecule has 0 atom stereocenters. The number of aryl methyl sites for hydroxylation is 1. The molecule has 1 aliphatic heterocycles. The number of piperazine rings is 1. The van der Waals surface area contributed by atoms with Gasteiger partial charge in [0.05, 0.1) is 0 Å². The van der Waals surface area contributed by atoms with Crippen molar-refractivity contribution < 1.29 is 4.39 Å². The maximum atomic E-state index is 13.8. The molecule has 0 spiro atoms. The fraction of sp³-hybridized carbons (Fsp3) is 0.455. The van der Waals surface area contributed by atoms with Crippen LogP contribution in [0.25, 0.3) is 0 Å². The van der Waals surface area contributed by atoms with E-state index in [1.807, 2.05) is 6.07 Å². The minimum atomic E-state index is -0.128. The van der Waals surface area contributed by atoms with Crippen LogP contribution in [0.1, 0.15) is 17.5 Å². The number of hydrogen-bond acceptors (Lipinski definition) is 3. The maximum absolute atomic E-state index is 13.8. The summed E-state index contributed by atoms with van der Waals surface area (Å²) >= 11 is 0. The average molecular weight is 356 g/mol. The second-order valence-electron chi connectivity index (χ2n) is 7.43. The summed E-state index contributed by atoms with van der Waals surface area (Å²) in [7, 11) is 4.16. The molecule has 140 valence electrons. The Morgan fingerprint density at radius 2 is 1.69 bits per heavy atom. The second kappa shape index (κ2) is 9.15. The summed E-state index contributed by atoms with van der Waals surface area (Å²) in [6, 6.07) is 15.9. The second-order valence-corrected chi connectivity index (χ2v) is 7.43. The number of nitrogens with zero attached hydrogens (tertiary/aromatic N) is 3. The largest absolute Gasteiger partial charge is 0.369 e. The number of anilines is 1. The predicted octanol–water partition coefficient (Wildman–Crippen LogP) is 3.64. The monoisotopic (exact) mass is 355 g/mol. The SMILES string of the molecule is CN(C)CCCc1cc(F)ccc1N1CCN(Cc2ccccc2)CC1. The van der Waals surface area contributed by atoms with Crippen molar-refractivity contribution in [2.45, 2.75) is 19.4 Å². The van der Waals surface area contributed by atoms with Gasteiger partial charge in [0.1, 0.15) is 5.82 Å². The van der Waals surface area contributed by atoms with Crippen molar-refractivity contribution in [3.8, 4) is 0 Å². The van der Waals surface area contributed by atoms with Gasteiger partial charge in [-0.15, -0.1) is 0 Å². The molecule has 2 aromatic carbocycles. The summed E-state index contributed by atoms with van der Waals surface area (Å²) in [5.41, 5.74) is 3.72. The van der Waals surface area contributed by atoms with Gasteiger partial charge in [-0.25, -0.2) is 4.39 Å². The molecule has 1 fully saturated rings. The van der Waals surface area contributed by atoms with Gasteiger partial charge in [0, 0.05) is 38.4 Å². The molecule has 1 saturated heterocycles. The van der Waals surface area contributed by atoms with E-state index < -0.39 is 0 Å². The zero-order valence-corrected chi connectivity index (χ0v) is 16.0. The summed E-state index contributed by atoms with van der Waals surface area (Å²) in [5, 5.41) is 0. The smallest absolute Gasteiger partial charge is 0.123 e. The fourth-order valence-electron chi connectivity index (χ4n) is 3.64. The molecule has 3 rings (SSSR count). The first-order valence-corrected chi connectivity index (χ1v) is 9.56. The Morgan fingerprint density at radius 1 is 0.962 bits per heavy atom. The molecule has 3 nitrogen and oxygen atoms in total. The number of halogens is 1. The van der Waals surface area contributed by atoms with E-state index in [4.69, 9.17) is 0 Å². The molecule has 4 heteroatoms. The Balaban J connectivity index is 1.59. The highest BCUT2D eigenvalue weighted by Crippen LogP contribution is 2.25. The van der Waals surface area contributed by atoms with Crippen LogP contribution in [0.4, 0.5) is 10.1 Å². The van der Waals surface area contributed by atoms with Gasteiger partial charge in [-0.3, -0.25) is 4.90 Å². The first-order valence-electron chi connectivity index (χ1n) is 9.56. The highest BCUT2D eigenvalue weighted by Gasteiger charge is 2.19. The summed E-state index contributed by atoms with van der Waals surface area (Å²) in [6.45, 7) is 6.12. The molecule has 1 aliphatic rings. The van der Waals surface area contributed by atoms with Crippen LogP contribution in [0.2, 0.25) is 0 Å². The molecule has 2 aromatic rings. The van der Waals surface area contributed by atoms with Crippen molar-refractivity contribution in [2.75, 3.05) is 51.7 Å². The predicted molar refractivity (Wildman–Crippen MR) is 107 cm³/mol. The van der Waals surface area contributed by atoms with E-state index in [9.17, 15) is 4.39 Å². The average Bonchev–Trinajstić information content (AvgIpc) is 2.63. The Labute approximate surface area is 157 Å². The van der Waals surface area contributed by atoms with Crippen molar-refractivity contribution >= 4 is 5.69 Å². The molecule has 0 aromatic heterocycles. The number of hydrogen-bond donors (Lipinski definition) is 0. The van der Waals surface area contributed by atoms with Crippen LogP contribution in [0.15, 0.2) is 48.5 Å². The third kappa shape index (κ3) is 5.29. The number of rotatable bonds is 7. The van der Waals surface area contributed by atoms with E-state index in [2.05, 4.69) is 59.1 Å². The quantitative estimate of drug-likeness (QED) is 0.751. The minimum Gasteiger partial charge on any atom is -0.369 e. The van der Waals surface area contributed by atoms with Crippen molar-refractivity contribution in [1.29, 1.82) is 0 Å². The lowest BCUT2D eigenvalue weighted by Crippen LogP contribution is -2.46. The van der Waals surface area contributed by atoms with E-state index >= 15 is 0 Å². The van der Waals surface area contributed by atoms with Gasteiger partial charge in [0.15, 0.2) is 0 Å². The van der Waals surface area contributed by atoms with Crippen LogP contribution in [0, 0.1) is 5.82 Å². The van der Waals surface area contributed by atoms with E-state index in [1.54, 1.807) is 12.1 Å². The third-order valence-electron chi connectivity index (χ3n) is 5.05.